The maximum absolute atomic E-state index is 8.36. The number of rotatable bonds is 4. The number of hydrogen-bond acceptors (Lipinski definition) is 1. The molecule has 0 unspecified atom stereocenters. The smallest absolute Gasteiger partial charge is 0.290 e. The first-order valence-electron chi connectivity index (χ1n) is 4.02. The molecule has 0 saturated heterocycles. The van der Waals surface area contributed by atoms with Crippen LogP contribution in [0.4, 0.5) is 0 Å². The van der Waals surface area contributed by atoms with Gasteiger partial charge >= 0.3 is 0 Å². The second kappa shape index (κ2) is 16.1. The molecule has 0 aliphatic heterocycles. The van der Waals surface area contributed by atoms with E-state index in [1.807, 2.05) is 0 Å². The molecule has 0 saturated carbocycles. The summed E-state index contributed by atoms with van der Waals surface area (Å²) in [5.41, 5.74) is 0. The lowest BCUT2D eigenvalue weighted by atomic mass is 10.2. The Morgan fingerprint density at radius 3 is 2.27 bits per heavy atom. The van der Waals surface area contributed by atoms with Crippen LogP contribution in [-0.2, 0) is 4.79 Å². The predicted octanol–water partition coefficient (Wildman–Crippen LogP) is 2.84. The van der Waals surface area contributed by atoms with E-state index in [1.165, 1.54) is 25.7 Å². The second-order valence-corrected chi connectivity index (χ2v) is 2.17. The third-order valence-corrected chi connectivity index (χ3v) is 1.21. The van der Waals surface area contributed by atoms with Crippen LogP contribution in [0.2, 0.25) is 0 Å². The summed E-state index contributed by atoms with van der Waals surface area (Å²) in [6.45, 7) is 4.06. The molecule has 0 rings (SSSR count). The number of carbonyl (C=O) groups is 1. The van der Waals surface area contributed by atoms with Crippen LogP contribution in [0.15, 0.2) is 12.2 Å². The summed E-state index contributed by atoms with van der Waals surface area (Å²) in [4.78, 5) is 8.36. The Bertz CT molecular complexity index is 87.6. The molecule has 0 aromatic carbocycles. The van der Waals surface area contributed by atoms with Gasteiger partial charge in [-0.2, -0.15) is 0 Å². The Morgan fingerprint density at radius 1 is 1.36 bits per heavy atom. The van der Waals surface area contributed by atoms with E-state index in [0.717, 1.165) is 0 Å². The fourth-order valence-electron chi connectivity index (χ4n) is 0.679. The van der Waals surface area contributed by atoms with Gasteiger partial charge in [-0.25, -0.2) is 0 Å². The summed E-state index contributed by atoms with van der Waals surface area (Å²) in [6, 6.07) is 0. The maximum Gasteiger partial charge on any atom is 0.290 e. The van der Waals surface area contributed by atoms with Gasteiger partial charge in [0, 0.05) is 0 Å². The molecule has 0 heterocycles. The zero-order valence-corrected chi connectivity index (χ0v) is 7.42. The quantitative estimate of drug-likeness (QED) is 0.388. The lowest BCUT2D eigenvalue weighted by molar-refractivity contribution is -0.122. The predicted molar refractivity (Wildman–Crippen MR) is 47.6 cm³/mol. The van der Waals surface area contributed by atoms with Crippen LogP contribution in [0, 0.1) is 0 Å². The SMILES string of the molecule is CC=CCCCCC.O=CO. The summed E-state index contributed by atoms with van der Waals surface area (Å²) in [5.74, 6) is 0. The van der Waals surface area contributed by atoms with Gasteiger partial charge in [0.05, 0.1) is 0 Å². The first-order valence-corrected chi connectivity index (χ1v) is 4.02. The van der Waals surface area contributed by atoms with E-state index in [1.54, 1.807) is 0 Å². The summed E-state index contributed by atoms with van der Waals surface area (Å²) in [6.07, 6.45) is 9.69. The number of allylic oxidation sites excluding steroid dienone is 2. The average molecular weight is 158 g/mol. The van der Waals surface area contributed by atoms with Crippen molar-refractivity contribution in [1.29, 1.82) is 0 Å². The number of unbranched alkanes of at least 4 members (excludes halogenated alkanes) is 3. The molecule has 2 heteroatoms. The van der Waals surface area contributed by atoms with Gasteiger partial charge in [0.25, 0.3) is 6.47 Å². The normalized spacial score (nSPS) is 8.91. The molecule has 11 heavy (non-hydrogen) atoms. The summed E-state index contributed by atoms with van der Waals surface area (Å²) < 4.78 is 0. The van der Waals surface area contributed by atoms with Crippen LogP contribution >= 0.6 is 0 Å². The standard InChI is InChI=1S/C8H16.CH2O2/c1-3-5-7-8-6-4-2;2-1-3/h3,5H,4,6-8H2,1-2H3;1H,(H,2,3). The van der Waals surface area contributed by atoms with E-state index >= 15 is 0 Å². The molecule has 0 bridgehead atoms. The highest BCUT2D eigenvalue weighted by atomic mass is 16.3. The summed E-state index contributed by atoms with van der Waals surface area (Å²) in [7, 11) is 0. The minimum Gasteiger partial charge on any atom is -0.483 e. The largest absolute Gasteiger partial charge is 0.483 e. The van der Waals surface area contributed by atoms with Gasteiger partial charge < -0.3 is 5.11 Å². The van der Waals surface area contributed by atoms with Crippen molar-refractivity contribution < 1.29 is 9.90 Å². The fraction of sp³-hybridized carbons (Fsp3) is 0.667. The Morgan fingerprint density at radius 2 is 1.91 bits per heavy atom. The van der Waals surface area contributed by atoms with Crippen LogP contribution in [0.25, 0.3) is 0 Å². The van der Waals surface area contributed by atoms with Gasteiger partial charge in [-0.3, -0.25) is 4.79 Å². The molecule has 0 fully saturated rings. The minimum absolute atomic E-state index is 0.250. The van der Waals surface area contributed by atoms with Crippen LogP contribution in [-0.4, -0.2) is 11.6 Å². The topological polar surface area (TPSA) is 37.3 Å². The van der Waals surface area contributed by atoms with E-state index in [2.05, 4.69) is 26.0 Å². The van der Waals surface area contributed by atoms with Gasteiger partial charge in [-0.15, -0.1) is 0 Å². The van der Waals surface area contributed by atoms with Gasteiger partial charge in [0.15, 0.2) is 0 Å². The lowest BCUT2D eigenvalue weighted by Crippen LogP contribution is -1.68. The molecular formula is C9H18O2. The molecule has 0 radical (unpaired) electrons. The van der Waals surface area contributed by atoms with E-state index in [0.29, 0.717) is 0 Å². The van der Waals surface area contributed by atoms with Gasteiger partial charge in [0.1, 0.15) is 0 Å². The Labute approximate surface area is 68.9 Å². The van der Waals surface area contributed by atoms with E-state index < -0.39 is 0 Å². The average Bonchev–Trinajstić information content (AvgIpc) is 2.00. The molecule has 1 N–H and O–H groups in total. The van der Waals surface area contributed by atoms with Crippen LogP contribution in [0.1, 0.15) is 39.5 Å². The van der Waals surface area contributed by atoms with Crippen molar-refractivity contribution >= 4 is 6.47 Å². The second-order valence-electron chi connectivity index (χ2n) is 2.17. The molecule has 0 spiro atoms. The molecule has 2 nitrogen and oxygen atoms in total. The van der Waals surface area contributed by atoms with Crippen molar-refractivity contribution in [2.45, 2.75) is 39.5 Å². The third-order valence-electron chi connectivity index (χ3n) is 1.21. The van der Waals surface area contributed by atoms with E-state index in [9.17, 15) is 0 Å². The fourth-order valence-corrected chi connectivity index (χ4v) is 0.679. The van der Waals surface area contributed by atoms with Crippen molar-refractivity contribution in [3.63, 3.8) is 0 Å². The lowest BCUT2D eigenvalue weighted by Gasteiger charge is -1.88. The molecule has 0 atom stereocenters. The minimum atomic E-state index is -0.250. The summed E-state index contributed by atoms with van der Waals surface area (Å²) in [5, 5.41) is 6.89. The first kappa shape index (κ1) is 12.8. The third kappa shape index (κ3) is 27.0. The monoisotopic (exact) mass is 158 g/mol. The zero-order valence-electron chi connectivity index (χ0n) is 7.42. The molecule has 0 aromatic rings. The number of hydrogen-bond donors (Lipinski definition) is 1. The van der Waals surface area contributed by atoms with Crippen molar-refractivity contribution in [1.82, 2.24) is 0 Å². The van der Waals surface area contributed by atoms with Gasteiger partial charge in [0.2, 0.25) is 0 Å². The van der Waals surface area contributed by atoms with Crippen molar-refractivity contribution in [3.8, 4) is 0 Å². The van der Waals surface area contributed by atoms with Crippen LogP contribution in [0.5, 0.6) is 0 Å². The molecule has 0 aliphatic rings. The Kier molecular flexibility index (Phi) is 18.8. The zero-order chi connectivity index (χ0) is 8.95. The number of carboxylic acid groups (broad SMARTS) is 1. The molecule has 0 amide bonds. The highest BCUT2D eigenvalue weighted by Crippen LogP contribution is 1.98. The van der Waals surface area contributed by atoms with Crippen molar-refractivity contribution in [2.75, 3.05) is 0 Å². The van der Waals surface area contributed by atoms with Crippen molar-refractivity contribution in [3.05, 3.63) is 12.2 Å². The van der Waals surface area contributed by atoms with Crippen LogP contribution in [0.3, 0.4) is 0 Å². The van der Waals surface area contributed by atoms with Gasteiger partial charge in [-0.05, 0) is 19.8 Å². The van der Waals surface area contributed by atoms with Gasteiger partial charge in [-0.1, -0.05) is 31.9 Å². The molecular weight excluding hydrogens is 140 g/mol. The van der Waals surface area contributed by atoms with E-state index in [-0.39, 0.29) is 6.47 Å². The highest BCUT2D eigenvalue weighted by Gasteiger charge is 1.78. The molecule has 66 valence electrons. The maximum atomic E-state index is 8.36. The molecule has 0 aromatic heterocycles. The highest BCUT2D eigenvalue weighted by molar-refractivity contribution is 5.32. The summed E-state index contributed by atoms with van der Waals surface area (Å²) >= 11 is 0. The first-order chi connectivity index (χ1) is 5.33. The van der Waals surface area contributed by atoms with Crippen molar-refractivity contribution in [2.24, 2.45) is 0 Å². The Hall–Kier alpha value is -0.790. The molecule has 0 aliphatic carbocycles. The van der Waals surface area contributed by atoms with E-state index in [4.69, 9.17) is 9.90 Å². The Balaban J connectivity index is 0. The van der Waals surface area contributed by atoms with Crippen LogP contribution < -0.4 is 0 Å².